The average molecular weight is 1820 g/mol. The summed E-state index contributed by atoms with van der Waals surface area (Å²) in [5.74, 6) is -0.380. The van der Waals surface area contributed by atoms with Crippen LogP contribution in [-0.2, 0) is 95.5 Å². The summed E-state index contributed by atoms with van der Waals surface area (Å²) >= 11 is 0. The van der Waals surface area contributed by atoms with E-state index in [1.54, 1.807) is 22.1 Å². The number of amides is 4. The third-order valence-corrected chi connectivity index (χ3v) is 24.1. The van der Waals surface area contributed by atoms with Gasteiger partial charge < -0.3 is 115 Å². The first-order valence-corrected chi connectivity index (χ1v) is 43.7. The van der Waals surface area contributed by atoms with Crippen molar-refractivity contribution in [2.75, 3.05) is 89.4 Å². The van der Waals surface area contributed by atoms with Gasteiger partial charge in [-0.3, -0.25) is 52.2 Å². The number of aromatic nitrogens is 12. The lowest BCUT2D eigenvalue weighted by Crippen LogP contribution is -2.43. The van der Waals surface area contributed by atoms with Gasteiger partial charge in [-0.15, -0.1) is 20.2 Å². The zero-order valence-electron chi connectivity index (χ0n) is 61.3. The SMILES string of the molecule is NCCCCn1cnc2c(NCCNC(=O)/C=C/c3cn(C4CC(O)C(COP(=O)(O)OP(=O)(O)OP(=O)(O)O)O4)c(=O)[nH]c3=O)ncnc21.O=C(/C=C/c1cn(C2CC(O)C(COP(=O)(O)OP(=O)(O)OP(=O)(O)O)O2)c(=O)[nH]c1=O)NCCNc1ncnc2c1ncn2CCCCNC(=O)NCCN1CC(O[N+](=O)[O-])CC1CO[N+](=O)[O-]. The summed E-state index contributed by atoms with van der Waals surface area (Å²) in [5.41, 5.74) is 3.65. The van der Waals surface area contributed by atoms with Gasteiger partial charge in [-0.05, 0) is 50.8 Å². The molecule has 0 radical (unpaired) electrons. The highest BCUT2D eigenvalue weighted by Crippen LogP contribution is 2.67. The topological polar surface area (TPSA) is 833 Å². The average Bonchev–Trinajstić information content (AvgIpc) is 1.71. The standard InChI is InChI=1S/C31H46N13O22P3.C23H34N9O15P3/c45-22-12-25(63-23(22)16-62-68(57,58)66-69(59,60)65-67(54,55)56)42-13-19(29(47)39-31(42)49)3-4-24(46)32-6-7-33-27-26-28(37-17-36-27)41(18-38-26)9-2-1-5-34-30(48)35-8-10-40-14-21(64-44(52)53)11-20(40)15-61-43(50)51;24-5-1-2-8-31-13-29-19-20(27-12-28-21(19)31)26-7-6-25-17(34)4-3-14-10-32(23(36)30-22(14)35)18-9-15(33)16(45-18)11-44-49(40,41)47-50(42,43)46-48(37,38)39/h3-4,13,17-18,20-23,25,45H,1-2,5-12,14-16H2,(H,32,46)(H,57,58)(H,59,60)(H,33,36,37)(H2,34,35,48)(H,39,47,49)(H2,54,55,56);3-4,10,12-13,15-16,18,33H,1-2,5-9,11,24H2,(H,25,34)(H,40,41)(H,42,43)(H,26,27,28)(H,30,35,36)(H2,37,38,39)/b2*4-3+. The molecule has 0 bridgehead atoms. The fraction of sp³-hybridized carbons (Fsp3) is 0.537. The van der Waals surface area contributed by atoms with E-state index in [0.29, 0.717) is 73.0 Å². The largest absolute Gasteiger partial charge is 0.490 e. The number of carbonyl (C=O) groups excluding carboxylic acids is 3. The van der Waals surface area contributed by atoms with Crippen LogP contribution < -0.4 is 60.1 Å². The molecule has 3 aliphatic rings. The number of nitrogens with one attached hydrogen (secondary N) is 8. The minimum Gasteiger partial charge on any atom is -0.390 e. The monoisotopic (exact) mass is 1810 g/mol. The highest BCUT2D eigenvalue weighted by Gasteiger charge is 2.45. The van der Waals surface area contributed by atoms with E-state index in [2.05, 4.69) is 97.8 Å². The smallest absolute Gasteiger partial charge is 0.390 e. The van der Waals surface area contributed by atoms with Gasteiger partial charge >= 0.3 is 64.3 Å². The van der Waals surface area contributed by atoms with Crippen molar-refractivity contribution in [3.63, 3.8) is 0 Å². The number of aliphatic hydroxyl groups excluding tert-OH is 2. The van der Waals surface area contributed by atoms with Crippen LogP contribution in [0.2, 0.25) is 0 Å². The van der Waals surface area contributed by atoms with Gasteiger partial charge in [0.15, 0.2) is 22.9 Å². The molecule has 0 aliphatic carbocycles. The molecule has 12 atom stereocenters. The molecular weight excluding hydrogens is 1730 g/mol. The number of phosphoric acid groups is 6. The van der Waals surface area contributed by atoms with Gasteiger partial charge in [0, 0.05) is 109 Å². The first-order valence-electron chi connectivity index (χ1n) is 34.6. The number of hydrogen-bond acceptors (Lipinski definition) is 39. The lowest BCUT2D eigenvalue weighted by atomic mass is 10.2. The number of nitrogens with two attached hydrogens (primary N) is 1. The molecule has 65 heteroatoms. The van der Waals surface area contributed by atoms with E-state index in [1.165, 1.54) is 12.7 Å². The van der Waals surface area contributed by atoms with Crippen molar-refractivity contribution in [2.24, 2.45) is 5.73 Å². The molecule has 119 heavy (non-hydrogen) atoms. The quantitative estimate of drug-likeness (QED) is 0.00580. The molecule has 12 unspecified atom stereocenters. The number of anilines is 2. The predicted molar refractivity (Wildman–Crippen MR) is 397 cm³/mol. The van der Waals surface area contributed by atoms with Crippen LogP contribution in [0.3, 0.4) is 0 Å². The van der Waals surface area contributed by atoms with E-state index in [-0.39, 0.29) is 82.8 Å². The normalized spacial score (nSPS) is 21.0. The summed E-state index contributed by atoms with van der Waals surface area (Å²) in [6.07, 6.45) is 5.52. The van der Waals surface area contributed by atoms with Crippen LogP contribution >= 0.6 is 46.9 Å². The summed E-state index contributed by atoms with van der Waals surface area (Å²) < 4.78 is 108. The number of likely N-dealkylation sites (tertiary alicyclic amines) is 1. The summed E-state index contributed by atoms with van der Waals surface area (Å²) in [6, 6.07) is -0.964. The fourth-order valence-electron chi connectivity index (χ4n) is 11.4. The second-order valence-electron chi connectivity index (χ2n) is 25.1. The third-order valence-electron chi connectivity index (χ3n) is 16.5. The number of H-pyrrole nitrogens is 2. The van der Waals surface area contributed by atoms with Crippen molar-refractivity contribution in [3.8, 4) is 0 Å². The molecule has 4 amide bonds. The second kappa shape index (κ2) is 42.8. The maximum absolute atomic E-state index is 12.6. The molecule has 658 valence electrons. The Morgan fingerprint density at radius 1 is 0.563 bits per heavy atom. The van der Waals surface area contributed by atoms with Crippen LogP contribution in [-0.4, -0.2) is 256 Å². The molecule has 0 saturated carbocycles. The number of carbonyl (C=O) groups is 3. The number of aliphatic hydroxyl groups is 2. The molecule has 6 aromatic rings. The number of nitrogens with zero attached hydrogens (tertiary/aromatic N) is 13. The van der Waals surface area contributed by atoms with E-state index in [0.717, 1.165) is 58.7 Å². The van der Waals surface area contributed by atoms with Crippen LogP contribution in [0, 0.1) is 20.2 Å². The molecule has 20 N–H and O–H groups in total. The van der Waals surface area contributed by atoms with Gasteiger partial charge in [0.05, 0.1) is 49.2 Å². The second-order valence-corrected chi connectivity index (χ2v) is 34.0. The molecule has 9 rings (SSSR count). The van der Waals surface area contributed by atoms with E-state index < -0.39 is 160 Å². The van der Waals surface area contributed by atoms with Crippen molar-refractivity contribution in [3.05, 3.63) is 123 Å². The minimum atomic E-state index is -5.81. The van der Waals surface area contributed by atoms with Crippen LogP contribution in [0.15, 0.2) is 69.0 Å². The van der Waals surface area contributed by atoms with Crippen LogP contribution in [0.25, 0.3) is 34.5 Å². The van der Waals surface area contributed by atoms with Crippen molar-refractivity contribution in [1.29, 1.82) is 0 Å². The molecule has 3 fully saturated rings. The van der Waals surface area contributed by atoms with Gasteiger partial charge in [-0.1, -0.05) is 0 Å². The number of unbranched alkanes of at least 4 members (excludes halogenated alkanes) is 2. The molecule has 9 heterocycles. The Hall–Kier alpha value is -9.27. The third kappa shape index (κ3) is 30.7. The van der Waals surface area contributed by atoms with Gasteiger partial charge in [-0.2, -0.15) is 17.2 Å². The fourth-order valence-corrected chi connectivity index (χ4v) is 17.4. The number of hydrogen-bond donors (Lipinski definition) is 19. The molecule has 6 aromatic heterocycles. The highest BCUT2D eigenvalue weighted by molar-refractivity contribution is 7.67. The molecule has 3 saturated heterocycles. The van der Waals surface area contributed by atoms with Crippen molar-refractivity contribution in [1.82, 2.24) is 84.3 Å². The Bertz CT molecular complexity index is 5190. The van der Waals surface area contributed by atoms with Crippen LogP contribution in [0.4, 0.5) is 16.4 Å². The Morgan fingerprint density at radius 3 is 1.45 bits per heavy atom. The number of aromatic amines is 2. The van der Waals surface area contributed by atoms with E-state index in [4.69, 9.17) is 34.8 Å². The maximum atomic E-state index is 12.6. The number of phosphoric ester groups is 2. The molecule has 0 aromatic carbocycles. The zero-order valence-corrected chi connectivity index (χ0v) is 66.7. The maximum Gasteiger partial charge on any atom is 0.490 e. The number of fused-ring (bicyclic) bond motifs is 2. The van der Waals surface area contributed by atoms with Gasteiger partial charge in [0.1, 0.15) is 61.1 Å². The zero-order chi connectivity index (χ0) is 87.2. The van der Waals surface area contributed by atoms with E-state index in [9.17, 15) is 111 Å². The summed E-state index contributed by atoms with van der Waals surface area (Å²) in [4.78, 5) is 222. The summed E-state index contributed by atoms with van der Waals surface area (Å²) in [7, 11) is -33.9. The van der Waals surface area contributed by atoms with Crippen molar-refractivity contribution < 1.29 is 147 Å². The summed E-state index contributed by atoms with van der Waals surface area (Å²) in [6.45, 7) is 1.01. The van der Waals surface area contributed by atoms with Crippen molar-refractivity contribution in [2.45, 2.75) is 107 Å². The van der Waals surface area contributed by atoms with Gasteiger partial charge in [0.2, 0.25) is 11.8 Å². The van der Waals surface area contributed by atoms with Gasteiger partial charge in [-0.25, -0.2) is 71.7 Å². The number of urea groups is 1. The van der Waals surface area contributed by atoms with Crippen molar-refractivity contribution >= 4 is 111 Å². The Morgan fingerprint density at radius 2 is 1.02 bits per heavy atom. The molecule has 3 aliphatic heterocycles. The molecule has 59 nitrogen and oxygen atoms in total. The Kier molecular flexibility index (Phi) is 34.2. The lowest BCUT2D eigenvalue weighted by molar-refractivity contribution is -0.768. The molecule has 0 spiro atoms. The molecular formula is C54H80N22O37P6. The predicted octanol–water partition coefficient (Wildman–Crippen LogP) is -3.50. The first kappa shape index (κ1) is 95.2. The number of imidazole rings is 2. The van der Waals surface area contributed by atoms with Crippen LogP contribution in [0.5, 0.6) is 0 Å². The Labute approximate surface area is 664 Å². The number of ether oxygens (including phenoxy) is 2. The Balaban J connectivity index is 0.000000312. The van der Waals surface area contributed by atoms with Gasteiger partial charge in [0.25, 0.3) is 21.3 Å². The number of rotatable bonds is 45. The van der Waals surface area contributed by atoms with Crippen LogP contribution in [0.1, 0.15) is 68.5 Å². The minimum absolute atomic E-state index is 0.0679. The van der Waals surface area contributed by atoms with E-state index >= 15 is 0 Å². The van der Waals surface area contributed by atoms with E-state index in [1.807, 2.05) is 14.5 Å². The number of aryl methyl sites for hydroxylation is 2. The lowest BCUT2D eigenvalue weighted by Gasteiger charge is -2.23. The first-order chi connectivity index (χ1) is 55.9. The highest BCUT2D eigenvalue weighted by atomic mass is 31.3. The summed E-state index contributed by atoms with van der Waals surface area (Å²) in [5, 5.41) is 57.0.